The molecule has 0 aliphatic heterocycles. The second-order valence-electron chi connectivity index (χ2n) is 3.38. The van der Waals surface area contributed by atoms with Crippen LogP contribution in [0.5, 0.6) is 0 Å². The summed E-state index contributed by atoms with van der Waals surface area (Å²) >= 11 is 5.33. The number of carbonyl (C=O) groups is 2. The number of likely N-dealkylation sites (N-methyl/N-ethyl adjacent to an activating group) is 1. The quantitative estimate of drug-likeness (QED) is 0.808. The third-order valence-corrected chi connectivity index (χ3v) is 2.49. The smallest absolute Gasteiger partial charge is 0.246 e. The van der Waals surface area contributed by atoms with Gasteiger partial charge in [0.2, 0.25) is 11.8 Å². The maximum absolute atomic E-state index is 11.9. The van der Waals surface area contributed by atoms with Gasteiger partial charge in [0.25, 0.3) is 0 Å². The Morgan fingerprint density at radius 2 is 1.94 bits per heavy atom. The molecule has 1 N–H and O–H groups in total. The van der Waals surface area contributed by atoms with Gasteiger partial charge in [-0.15, -0.1) is 11.6 Å². The molecule has 0 aliphatic rings. The SMILES string of the molecule is CCN(C(=O)CNC(=O)CCl)c1ccccc1. The summed E-state index contributed by atoms with van der Waals surface area (Å²) in [7, 11) is 0. The van der Waals surface area contributed by atoms with Gasteiger partial charge >= 0.3 is 0 Å². The molecule has 0 radical (unpaired) electrons. The standard InChI is InChI=1S/C12H15ClN2O2/c1-2-15(10-6-4-3-5-7-10)12(17)9-14-11(16)8-13/h3-7H,2,8-9H2,1H3,(H,14,16). The van der Waals surface area contributed by atoms with Crippen LogP contribution >= 0.6 is 11.6 Å². The van der Waals surface area contributed by atoms with Gasteiger partial charge in [0.15, 0.2) is 0 Å². The Morgan fingerprint density at radius 1 is 1.29 bits per heavy atom. The highest BCUT2D eigenvalue weighted by molar-refractivity contribution is 6.27. The lowest BCUT2D eigenvalue weighted by Gasteiger charge is -2.21. The predicted molar refractivity (Wildman–Crippen MR) is 68.2 cm³/mol. The first-order valence-corrected chi connectivity index (χ1v) is 5.90. The maximum Gasteiger partial charge on any atom is 0.246 e. The average Bonchev–Trinajstić information content (AvgIpc) is 2.38. The first-order valence-electron chi connectivity index (χ1n) is 5.37. The summed E-state index contributed by atoms with van der Waals surface area (Å²) in [5.74, 6) is -0.633. The summed E-state index contributed by atoms with van der Waals surface area (Å²) in [6, 6.07) is 9.32. The Kier molecular flexibility index (Phi) is 5.49. The number of carbonyl (C=O) groups excluding carboxylic acids is 2. The number of nitrogens with zero attached hydrogens (tertiary/aromatic N) is 1. The lowest BCUT2D eigenvalue weighted by molar-refractivity contribution is -0.123. The van der Waals surface area contributed by atoms with Crippen LogP contribution in [-0.2, 0) is 9.59 Å². The molecule has 0 spiro atoms. The highest BCUT2D eigenvalue weighted by Gasteiger charge is 2.13. The summed E-state index contributed by atoms with van der Waals surface area (Å²) in [6.45, 7) is 2.40. The monoisotopic (exact) mass is 254 g/mol. The molecule has 0 saturated carbocycles. The van der Waals surface area contributed by atoms with Crippen molar-refractivity contribution >= 4 is 29.1 Å². The second-order valence-corrected chi connectivity index (χ2v) is 3.65. The minimum Gasteiger partial charge on any atom is -0.346 e. The Morgan fingerprint density at radius 3 is 2.47 bits per heavy atom. The van der Waals surface area contributed by atoms with Gasteiger partial charge in [-0.25, -0.2) is 0 Å². The van der Waals surface area contributed by atoms with Gasteiger partial charge in [0.05, 0.1) is 6.54 Å². The first-order chi connectivity index (χ1) is 8.19. The van der Waals surface area contributed by atoms with E-state index < -0.39 is 0 Å². The Balaban J connectivity index is 2.62. The van der Waals surface area contributed by atoms with Gasteiger partial charge < -0.3 is 10.2 Å². The van der Waals surface area contributed by atoms with Crippen molar-refractivity contribution in [1.82, 2.24) is 5.32 Å². The van der Waals surface area contributed by atoms with Gasteiger partial charge in [-0.2, -0.15) is 0 Å². The van der Waals surface area contributed by atoms with Crippen molar-refractivity contribution in [1.29, 1.82) is 0 Å². The van der Waals surface area contributed by atoms with E-state index in [9.17, 15) is 9.59 Å². The van der Waals surface area contributed by atoms with E-state index in [-0.39, 0.29) is 24.2 Å². The van der Waals surface area contributed by atoms with Crippen LogP contribution in [0.15, 0.2) is 30.3 Å². The van der Waals surface area contributed by atoms with Crippen molar-refractivity contribution in [3.8, 4) is 0 Å². The number of halogens is 1. The van der Waals surface area contributed by atoms with Gasteiger partial charge in [-0.3, -0.25) is 9.59 Å². The summed E-state index contributed by atoms with van der Waals surface area (Å²) in [4.78, 5) is 24.4. The van der Waals surface area contributed by atoms with E-state index in [1.54, 1.807) is 4.90 Å². The van der Waals surface area contributed by atoms with E-state index in [1.165, 1.54) is 0 Å². The zero-order valence-electron chi connectivity index (χ0n) is 9.65. The zero-order chi connectivity index (χ0) is 12.7. The number of nitrogens with one attached hydrogen (secondary N) is 1. The fourth-order valence-corrected chi connectivity index (χ4v) is 1.52. The number of anilines is 1. The molecule has 0 fully saturated rings. The number of benzene rings is 1. The molecule has 0 aliphatic carbocycles. The number of amides is 2. The molecule has 1 aromatic rings. The van der Waals surface area contributed by atoms with Crippen LogP contribution in [0.1, 0.15) is 6.92 Å². The third kappa shape index (κ3) is 4.07. The number of para-hydroxylation sites is 1. The summed E-state index contributed by atoms with van der Waals surface area (Å²) in [5.41, 5.74) is 0.820. The van der Waals surface area contributed by atoms with E-state index in [0.717, 1.165) is 5.69 Å². The molecule has 92 valence electrons. The molecule has 0 aromatic heterocycles. The van der Waals surface area contributed by atoms with Crippen LogP contribution < -0.4 is 10.2 Å². The Bertz CT molecular complexity index is 381. The van der Waals surface area contributed by atoms with Gasteiger partial charge in [0.1, 0.15) is 5.88 Å². The van der Waals surface area contributed by atoms with E-state index in [2.05, 4.69) is 5.32 Å². The molecule has 1 aromatic carbocycles. The molecule has 17 heavy (non-hydrogen) atoms. The van der Waals surface area contributed by atoms with Crippen molar-refractivity contribution in [3.63, 3.8) is 0 Å². The number of hydrogen-bond acceptors (Lipinski definition) is 2. The predicted octanol–water partition coefficient (Wildman–Crippen LogP) is 1.39. The zero-order valence-corrected chi connectivity index (χ0v) is 10.4. The van der Waals surface area contributed by atoms with Crippen molar-refractivity contribution < 1.29 is 9.59 Å². The molecular formula is C12H15ClN2O2. The molecule has 1 rings (SSSR count). The normalized spacial score (nSPS) is 9.76. The van der Waals surface area contributed by atoms with Crippen molar-refractivity contribution in [2.45, 2.75) is 6.92 Å². The molecule has 0 atom stereocenters. The summed E-state index contributed by atoms with van der Waals surface area (Å²) in [6.07, 6.45) is 0. The Labute approximate surface area is 106 Å². The number of rotatable bonds is 5. The van der Waals surface area contributed by atoms with Crippen LogP contribution in [0, 0.1) is 0 Å². The Hall–Kier alpha value is -1.55. The van der Waals surface area contributed by atoms with Crippen molar-refractivity contribution in [2.75, 3.05) is 23.9 Å². The summed E-state index contributed by atoms with van der Waals surface area (Å²) < 4.78 is 0. The van der Waals surface area contributed by atoms with Crippen LogP contribution in [0.4, 0.5) is 5.69 Å². The fourth-order valence-electron chi connectivity index (χ4n) is 1.43. The van der Waals surface area contributed by atoms with E-state index in [4.69, 9.17) is 11.6 Å². The lowest BCUT2D eigenvalue weighted by atomic mass is 10.3. The highest BCUT2D eigenvalue weighted by Crippen LogP contribution is 2.12. The average molecular weight is 255 g/mol. The highest BCUT2D eigenvalue weighted by atomic mass is 35.5. The van der Waals surface area contributed by atoms with Crippen LogP contribution in [-0.4, -0.2) is 30.8 Å². The molecule has 4 nitrogen and oxygen atoms in total. The second kappa shape index (κ2) is 6.91. The van der Waals surface area contributed by atoms with Crippen LogP contribution in [0.3, 0.4) is 0 Å². The molecule has 0 bridgehead atoms. The van der Waals surface area contributed by atoms with Crippen LogP contribution in [0.25, 0.3) is 0 Å². The molecule has 0 unspecified atom stereocenters. The summed E-state index contributed by atoms with van der Waals surface area (Å²) in [5, 5.41) is 2.45. The van der Waals surface area contributed by atoms with Crippen molar-refractivity contribution in [2.24, 2.45) is 0 Å². The van der Waals surface area contributed by atoms with Gasteiger partial charge in [0, 0.05) is 12.2 Å². The number of hydrogen-bond donors (Lipinski definition) is 1. The minimum absolute atomic E-state index is 0.0334. The first kappa shape index (κ1) is 13.5. The van der Waals surface area contributed by atoms with Gasteiger partial charge in [-0.1, -0.05) is 18.2 Å². The molecule has 0 saturated heterocycles. The lowest BCUT2D eigenvalue weighted by Crippen LogP contribution is -2.40. The minimum atomic E-state index is -0.343. The molecular weight excluding hydrogens is 240 g/mol. The van der Waals surface area contributed by atoms with Gasteiger partial charge in [-0.05, 0) is 19.1 Å². The fraction of sp³-hybridized carbons (Fsp3) is 0.333. The topological polar surface area (TPSA) is 49.4 Å². The van der Waals surface area contributed by atoms with E-state index >= 15 is 0 Å². The maximum atomic E-state index is 11.9. The number of alkyl halides is 1. The van der Waals surface area contributed by atoms with E-state index in [0.29, 0.717) is 6.54 Å². The molecule has 2 amide bonds. The molecule has 0 heterocycles. The van der Waals surface area contributed by atoms with Crippen LogP contribution in [0.2, 0.25) is 0 Å². The molecule has 5 heteroatoms. The van der Waals surface area contributed by atoms with Crippen molar-refractivity contribution in [3.05, 3.63) is 30.3 Å². The third-order valence-electron chi connectivity index (χ3n) is 2.24. The van der Waals surface area contributed by atoms with E-state index in [1.807, 2.05) is 37.3 Å². The largest absolute Gasteiger partial charge is 0.346 e.